The van der Waals surface area contributed by atoms with Crippen LogP contribution in [0.4, 0.5) is 0 Å². The van der Waals surface area contributed by atoms with Gasteiger partial charge in [-0.2, -0.15) is 0 Å². The van der Waals surface area contributed by atoms with Crippen LogP contribution in [-0.2, 0) is 4.79 Å². The third-order valence-electron chi connectivity index (χ3n) is 6.80. The Morgan fingerprint density at radius 1 is 0.731 bits per heavy atom. The number of phenolic OH excluding ortho intramolecular Hbond substituents is 1. The molecule has 0 saturated heterocycles. The van der Waals surface area contributed by atoms with Crippen molar-refractivity contribution in [1.29, 1.82) is 0 Å². The molecular formula is C24H36O2. The zero-order valence-corrected chi connectivity index (χ0v) is 16.3. The monoisotopic (exact) mass is 356 g/mol. The van der Waals surface area contributed by atoms with Gasteiger partial charge in [0.25, 0.3) is 0 Å². The lowest BCUT2D eigenvalue weighted by Crippen LogP contribution is -2.28. The maximum atomic E-state index is 11.7. The van der Waals surface area contributed by atoms with E-state index in [1.165, 1.54) is 77.0 Å². The van der Waals surface area contributed by atoms with Gasteiger partial charge in [0.1, 0.15) is 11.5 Å². The first-order chi connectivity index (χ1) is 12.8. The molecule has 0 aliphatic heterocycles. The summed E-state index contributed by atoms with van der Waals surface area (Å²) in [6.07, 6.45) is 17.8. The Kier molecular flexibility index (Phi) is 7.58. The van der Waals surface area contributed by atoms with Crippen molar-refractivity contribution in [1.82, 2.24) is 0 Å². The van der Waals surface area contributed by atoms with Crippen LogP contribution in [0.2, 0.25) is 0 Å². The van der Waals surface area contributed by atoms with Gasteiger partial charge in [0, 0.05) is 12.3 Å². The number of hydrogen-bond acceptors (Lipinski definition) is 2. The lowest BCUT2D eigenvalue weighted by molar-refractivity contribution is -0.126. The average molecular weight is 357 g/mol. The summed E-state index contributed by atoms with van der Waals surface area (Å²) in [6, 6.07) is 7.76. The molecule has 2 heteroatoms. The van der Waals surface area contributed by atoms with Crippen LogP contribution in [0.25, 0.3) is 0 Å². The highest BCUT2D eigenvalue weighted by molar-refractivity contribution is 5.81. The second-order valence-corrected chi connectivity index (χ2v) is 8.61. The van der Waals surface area contributed by atoms with Gasteiger partial charge in [0.05, 0.1) is 0 Å². The standard InChI is InChI=1S/C12H20O.C12H16O/c2*13-12-9-5-4-8-11(12)10-6-2-1-3-7-10/h10-11H,1-9H2;4-5,8-10,13H,1-3,6-7H2. The quantitative estimate of drug-likeness (QED) is 0.635. The molecular weight excluding hydrogens is 320 g/mol. The molecule has 144 valence electrons. The van der Waals surface area contributed by atoms with Crippen molar-refractivity contribution >= 4 is 5.78 Å². The Hall–Kier alpha value is -1.31. The lowest BCUT2D eigenvalue weighted by atomic mass is 9.73. The number of phenols is 1. The molecule has 26 heavy (non-hydrogen) atoms. The van der Waals surface area contributed by atoms with E-state index >= 15 is 0 Å². The van der Waals surface area contributed by atoms with Gasteiger partial charge < -0.3 is 5.11 Å². The smallest absolute Gasteiger partial charge is 0.136 e. The summed E-state index contributed by atoms with van der Waals surface area (Å²) in [7, 11) is 0. The Morgan fingerprint density at radius 3 is 2.00 bits per heavy atom. The molecule has 2 nitrogen and oxygen atoms in total. The number of rotatable bonds is 2. The van der Waals surface area contributed by atoms with E-state index in [9.17, 15) is 9.90 Å². The number of aromatic hydroxyl groups is 1. The van der Waals surface area contributed by atoms with Crippen LogP contribution in [0.15, 0.2) is 24.3 Å². The third-order valence-corrected chi connectivity index (χ3v) is 6.80. The van der Waals surface area contributed by atoms with Gasteiger partial charge >= 0.3 is 0 Å². The maximum Gasteiger partial charge on any atom is 0.136 e. The molecule has 0 spiro atoms. The van der Waals surface area contributed by atoms with Crippen molar-refractivity contribution in [3.63, 3.8) is 0 Å². The topological polar surface area (TPSA) is 37.3 Å². The zero-order valence-electron chi connectivity index (χ0n) is 16.3. The number of carbonyl (C=O) groups is 1. The predicted molar refractivity (Wildman–Crippen MR) is 107 cm³/mol. The molecule has 4 rings (SSSR count). The predicted octanol–water partition coefficient (Wildman–Crippen LogP) is 6.77. The van der Waals surface area contributed by atoms with Gasteiger partial charge in [-0.05, 0) is 62.0 Å². The van der Waals surface area contributed by atoms with Gasteiger partial charge in [0.15, 0.2) is 0 Å². The van der Waals surface area contributed by atoms with E-state index in [0.717, 1.165) is 24.3 Å². The van der Waals surface area contributed by atoms with E-state index in [1.807, 2.05) is 12.1 Å². The highest BCUT2D eigenvalue weighted by Gasteiger charge is 2.30. The normalized spacial score (nSPS) is 25.4. The van der Waals surface area contributed by atoms with Gasteiger partial charge in [-0.25, -0.2) is 0 Å². The molecule has 1 N–H and O–H groups in total. The van der Waals surface area contributed by atoms with Crippen molar-refractivity contribution in [3.8, 4) is 5.75 Å². The lowest BCUT2D eigenvalue weighted by Gasteiger charge is -2.31. The molecule has 1 atom stereocenters. The fourth-order valence-corrected chi connectivity index (χ4v) is 5.29. The molecule has 1 unspecified atom stereocenters. The molecule has 3 aliphatic rings. The average Bonchev–Trinajstić information content (AvgIpc) is 2.71. The van der Waals surface area contributed by atoms with Crippen LogP contribution < -0.4 is 0 Å². The molecule has 3 saturated carbocycles. The van der Waals surface area contributed by atoms with E-state index in [2.05, 4.69) is 6.07 Å². The van der Waals surface area contributed by atoms with Crippen molar-refractivity contribution < 1.29 is 9.90 Å². The largest absolute Gasteiger partial charge is 0.508 e. The minimum atomic E-state index is 0.467. The van der Waals surface area contributed by atoms with Crippen molar-refractivity contribution in [2.24, 2.45) is 11.8 Å². The summed E-state index contributed by atoms with van der Waals surface area (Å²) in [6.45, 7) is 0. The highest BCUT2D eigenvalue weighted by Crippen LogP contribution is 2.37. The molecule has 1 aromatic rings. The van der Waals surface area contributed by atoms with Crippen LogP contribution >= 0.6 is 0 Å². The van der Waals surface area contributed by atoms with Crippen LogP contribution in [0, 0.1) is 11.8 Å². The molecule has 0 amide bonds. The van der Waals surface area contributed by atoms with Gasteiger partial charge in [-0.1, -0.05) is 63.1 Å². The van der Waals surface area contributed by atoms with Crippen LogP contribution in [0.1, 0.15) is 101 Å². The third kappa shape index (κ3) is 5.34. The maximum absolute atomic E-state index is 11.7. The summed E-state index contributed by atoms with van der Waals surface area (Å²) in [4.78, 5) is 11.7. The van der Waals surface area contributed by atoms with Crippen molar-refractivity contribution in [2.75, 3.05) is 0 Å². The Bertz CT molecular complexity index is 553. The zero-order chi connectivity index (χ0) is 18.2. The number of benzene rings is 1. The minimum Gasteiger partial charge on any atom is -0.508 e. The molecule has 1 aromatic carbocycles. The highest BCUT2D eigenvalue weighted by atomic mass is 16.3. The first-order valence-corrected chi connectivity index (χ1v) is 11.1. The Balaban J connectivity index is 0.000000151. The number of Topliss-reactive ketones (excluding diaryl/α,β-unsaturated/α-hetero) is 1. The summed E-state index contributed by atoms with van der Waals surface area (Å²) in [5, 5.41) is 9.66. The molecule has 3 fully saturated rings. The molecule has 0 bridgehead atoms. The van der Waals surface area contributed by atoms with E-state index in [1.54, 1.807) is 6.07 Å². The Labute approximate surface area is 159 Å². The van der Waals surface area contributed by atoms with Crippen molar-refractivity contribution in [2.45, 2.75) is 95.8 Å². The fraction of sp³-hybridized carbons (Fsp3) is 0.708. The first kappa shape index (κ1) is 19.5. The summed E-state index contributed by atoms with van der Waals surface area (Å²) >= 11 is 0. The molecule has 0 aromatic heterocycles. The van der Waals surface area contributed by atoms with E-state index in [0.29, 0.717) is 23.4 Å². The van der Waals surface area contributed by atoms with E-state index < -0.39 is 0 Å². The van der Waals surface area contributed by atoms with Gasteiger partial charge in [0.2, 0.25) is 0 Å². The van der Waals surface area contributed by atoms with Crippen molar-refractivity contribution in [3.05, 3.63) is 29.8 Å². The summed E-state index contributed by atoms with van der Waals surface area (Å²) in [5.74, 6) is 2.90. The summed E-state index contributed by atoms with van der Waals surface area (Å²) < 4.78 is 0. The SMILES string of the molecule is O=C1CCCCC1C1CCCCC1.Oc1ccccc1C1CCCCC1. The first-order valence-electron chi connectivity index (χ1n) is 11.1. The number of para-hydroxylation sites is 1. The molecule has 3 aliphatic carbocycles. The van der Waals surface area contributed by atoms with Crippen LogP contribution in [0.3, 0.4) is 0 Å². The summed E-state index contributed by atoms with van der Waals surface area (Å²) in [5.41, 5.74) is 1.15. The molecule has 0 heterocycles. The second-order valence-electron chi connectivity index (χ2n) is 8.61. The molecule has 0 radical (unpaired) electrons. The van der Waals surface area contributed by atoms with E-state index in [-0.39, 0.29) is 0 Å². The van der Waals surface area contributed by atoms with Gasteiger partial charge in [-0.3, -0.25) is 4.79 Å². The number of carbonyl (C=O) groups excluding carboxylic acids is 1. The van der Waals surface area contributed by atoms with Gasteiger partial charge in [-0.15, -0.1) is 0 Å². The Morgan fingerprint density at radius 2 is 1.35 bits per heavy atom. The number of ketones is 1. The fourth-order valence-electron chi connectivity index (χ4n) is 5.29. The second kappa shape index (κ2) is 10.1. The minimum absolute atomic E-state index is 0.467. The van der Waals surface area contributed by atoms with Crippen LogP contribution in [0.5, 0.6) is 5.75 Å². The van der Waals surface area contributed by atoms with Crippen LogP contribution in [-0.4, -0.2) is 10.9 Å². The number of hydrogen-bond donors (Lipinski definition) is 1. The van der Waals surface area contributed by atoms with E-state index in [4.69, 9.17) is 0 Å².